The Morgan fingerprint density at radius 2 is 0.833 bits per heavy atom. The first-order valence-corrected chi connectivity index (χ1v) is 19.6. The maximum Gasteiger partial charge on any atom is 1.00 e. The van der Waals surface area contributed by atoms with Crippen molar-refractivity contribution in [3.63, 3.8) is 0 Å². The Kier molecular flexibility index (Phi) is 38.4. The fourth-order valence-corrected chi connectivity index (χ4v) is 6.09. The molecule has 0 aliphatic heterocycles. The molecule has 0 aromatic rings. The van der Waals surface area contributed by atoms with E-state index in [4.69, 9.17) is 0 Å². The summed E-state index contributed by atoms with van der Waals surface area (Å²) in [5.74, 6) is 0.0167. The molecule has 0 saturated heterocycles. The van der Waals surface area contributed by atoms with Gasteiger partial charge in [-0.3, -0.25) is 4.18 Å². The molecular formula is C36H71NaO4S. The first-order valence-electron chi connectivity index (χ1n) is 18.3. The van der Waals surface area contributed by atoms with Crippen molar-refractivity contribution in [1.82, 2.24) is 0 Å². The molecule has 0 spiro atoms. The van der Waals surface area contributed by atoms with E-state index in [9.17, 15) is 13.0 Å². The van der Waals surface area contributed by atoms with Crippen LogP contribution >= 0.6 is 0 Å². The zero-order chi connectivity index (χ0) is 30.1. The second-order valence-corrected chi connectivity index (χ2v) is 13.7. The van der Waals surface area contributed by atoms with Gasteiger partial charge in [-0.25, -0.2) is 8.42 Å². The van der Waals surface area contributed by atoms with Crippen molar-refractivity contribution < 1.29 is 46.7 Å². The van der Waals surface area contributed by atoms with Crippen LogP contribution in [0.3, 0.4) is 0 Å². The van der Waals surface area contributed by atoms with Crippen molar-refractivity contribution in [2.45, 2.75) is 206 Å². The summed E-state index contributed by atoms with van der Waals surface area (Å²) in [6, 6.07) is 0. The Balaban J connectivity index is 0. The van der Waals surface area contributed by atoms with Crippen molar-refractivity contribution >= 4 is 10.4 Å². The molecule has 0 radical (unpaired) electrons. The Morgan fingerprint density at radius 1 is 0.524 bits per heavy atom. The van der Waals surface area contributed by atoms with Crippen molar-refractivity contribution in [2.24, 2.45) is 5.92 Å². The predicted molar refractivity (Wildman–Crippen MR) is 178 cm³/mol. The first kappa shape index (κ1) is 44.7. The van der Waals surface area contributed by atoms with Gasteiger partial charge in [-0.1, -0.05) is 199 Å². The topological polar surface area (TPSA) is 66.4 Å². The smallest absolute Gasteiger partial charge is 0.726 e. The molecule has 0 aliphatic carbocycles. The van der Waals surface area contributed by atoms with Gasteiger partial charge in [0, 0.05) is 5.92 Å². The van der Waals surface area contributed by atoms with E-state index in [1.807, 2.05) is 0 Å². The molecular weight excluding hydrogens is 551 g/mol. The van der Waals surface area contributed by atoms with Gasteiger partial charge >= 0.3 is 29.6 Å². The minimum absolute atomic E-state index is 0. The molecule has 4 nitrogen and oxygen atoms in total. The Labute approximate surface area is 286 Å². The summed E-state index contributed by atoms with van der Waals surface area (Å²) in [4.78, 5) is 0. The molecule has 0 rings (SSSR count). The second kappa shape index (κ2) is 36.1. The minimum Gasteiger partial charge on any atom is -0.726 e. The molecule has 1 atom stereocenters. The number of unbranched alkanes of at least 4 members (excludes halogenated alkanes) is 27. The zero-order valence-corrected chi connectivity index (χ0v) is 31.5. The fourth-order valence-electron chi connectivity index (χ4n) is 5.75. The van der Waals surface area contributed by atoms with Gasteiger partial charge in [-0.2, -0.15) is 0 Å². The average molecular weight is 623 g/mol. The number of allylic oxidation sites excluding steroid dienone is 1. The molecule has 0 N–H and O–H groups in total. The van der Waals surface area contributed by atoms with E-state index in [0.29, 0.717) is 0 Å². The summed E-state index contributed by atoms with van der Waals surface area (Å²) in [5, 5.41) is 0. The maximum absolute atomic E-state index is 10.9. The van der Waals surface area contributed by atoms with E-state index in [0.717, 1.165) is 19.3 Å². The largest absolute Gasteiger partial charge is 1.00 e. The van der Waals surface area contributed by atoms with E-state index in [-0.39, 0.29) is 42.1 Å². The van der Waals surface area contributed by atoms with Crippen molar-refractivity contribution in [1.29, 1.82) is 0 Å². The molecule has 0 aromatic carbocycles. The normalized spacial score (nSPS) is 12.6. The number of hydrogen-bond donors (Lipinski definition) is 0. The SMILES string of the molecule is CCCCCCCCCCCCCCCCCCC/C=C/C(CCCCCCCCCCCCC)COS(=O)(=O)[O-].[Na+]. The molecule has 0 aromatic heterocycles. The van der Waals surface area contributed by atoms with Crippen LogP contribution in [-0.2, 0) is 14.6 Å². The fraction of sp³-hybridized carbons (Fsp3) is 0.944. The van der Waals surface area contributed by atoms with Crippen LogP contribution in [0.25, 0.3) is 0 Å². The third kappa shape index (κ3) is 38.6. The van der Waals surface area contributed by atoms with Gasteiger partial charge in [0.25, 0.3) is 0 Å². The summed E-state index contributed by atoms with van der Waals surface area (Å²) in [7, 11) is -4.62. The van der Waals surface area contributed by atoms with Crippen molar-refractivity contribution in [3.8, 4) is 0 Å². The van der Waals surface area contributed by atoms with Crippen LogP contribution in [0.15, 0.2) is 12.2 Å². The Morgan fingerprint density at radius 3 is 1.17 bits per heavy atom. The van der Waals surface area contributed by atoms with E-state index in [1.165, 1.54) is 173 Å². The average Bonchev–Trinajstić information content (AvgIpc) is 2.94. The minimum atomic E-state index is -4.62. The van der Waals surface area contributed by atoms with E-state index in [2.05, 4.69) is 30.2 Å². The third-order valence-corrected chi connectivity index (χ3v) is 8.91. The van der Waals surface area contributed by atoms with Crippen molar-refractivity contribution in [3.05, 3.63) is 12.2 Å². The summed E-state index contributed by atoms with van der Waals surface area (Å²) in [6.07, 6.45) is 43.9. The number of rotatable bonds is 34. The monoisotopic (exact) mass is 622 g/mol. The molecule has 0 fully saturated rings. The van der Waals surface area contributed by atoms with Crippen LogP contribution in [0.5, 0.6) is 0 Å². The quantitative estimate of drug-likeness (QED) is 0.0236. The summed E-state index contributed by atoms with van der Waals surface area (Å²) in [5.41, 5.74) is 0. The van der Waals surface area contributed by atoms with Crippen LogP contribution < -0.4 is 29.6 Å². The number of hydrogen-bond acceptors (Lipinski definition) is 4. The molecule has 0 heterocycles. The Hall–Kier alpha value is 0.610. The molecule has 0 bridgehead atoms. The van der Waals surface area contributed by atoms with Gasteiger partial charge < -0.3 is 4.55 Å². The molecule has 0 aliphatic rings. The third-order valence-electron chi connectivity index (χ3n) is 8.49. The van der Waals surface area contributed by atoms with E-state index < -0.39 is 10.4 Å². The van der Waals surface area contributed by atoms with Gasteiger partial charge in [0.1, 0.15) is 0 Å². The first-order chi connectivity index (χ1) is 20.0. The second-order valence-electron chi connectivity index (χ2n) is 12.7. The Bertz CT molecular complexity index is 638. The van der Waals surface area contributed by atoms with Gasteiger partial charge in [-0.15, -0.1) is 0 Å². The van der Waals surface area contributed by atoms with Gasteiger partial charge in [0.15, 0.2) is 0 Å². The van der Waals surface area contributed by atoms with Crippen LogP contribution in [-0.4, -0.2) is 19.6 Å². The standard InChI is InChI=1S/C36H72O4S.Na/c1-3-5-7-9-11-13-15-16-17-18-19-20-21-22-24-26-28-30-32-34-36(35-40-41(37,38)39)33-31-29-27-25-23-14-12-10-8-6-4-2;/h32,34,36H,3-31,33,35H2,1-2H3,(H,37,38,39);/q;+1/p-1/b34-32+;. The zero-order valence-electron chi connectivity index (χ0n) is 28.7. The molecule has 0 saturated carbocycles. The molecule has 42 heavy (non-hydrogen) atoms. The summed E-state index contributed by atoms with van der Waals surface area (Å²) in [6.45, 7) is 4.53. The molecule has 0 amide bonds. The molecule has 6 heteroatoms. The van der Waals surface area contributed by atoms with Crippen LogP contribution in [0.1, 0.15) is 206 Å². The van der Waals surface area contributed by atoms with Crippen molar-refractivity contribution in [2.75, 3.05) is 6.61 Å². The van der Waals surface area contributed by atoms with Crippen LogP contribution in [0, 0.1) is 5.92 Å². The van der Waals surface area contributed by atoms with Gasteiger partial charge in [-0.05, 0) is 19.3 Å². The van der Waals surface area contributed by atoms with E-state index in [1.54, 1.807) is 0 Å². The molecule has 246 valence electrons. The van der Waals surface area contributed by atoms with Crippen LogP contribution in [0.2, 0.25) is 0 Å². The van der Waals surface area contributed by atoms with Crippen LogP contribution in [0.4, 0.5) is 0 Å². The summed E-state index contributed by atoms with van der Waals surface area (Å²) < 4.78 is 37.4. The summed E-state index contributed by atoms with van der Waals surface area (Å²) >= 11 is 0. The molecule has 1 unspecified atom stereocenters. The maximum atomic E-state index is 10.9. The predicted octanol–water partition coefficient (Wildman–Crippen LogP) is 9.38. The van der Waals surface area contributed by atoms with Gasteiger partial charge in [0.2, 0.25) is 10.4 Å². The van der Waals surface area contributed by atoms with E-state index >= 15 is 0 Å². The van der Waals surface area contributed by atoms with Gasteiger partial charge in [0.05, 0.1) is 6.61 Å².